The molecule has 0 spiro atoms. The summed E-state index contributed by atoms with van der Waals surface area (Å²) in [5.41, 5.74) is 1.83. The van der Waals surface area contributed by atoms with E-state index < -0.39 is 11.7 Å². The maximum Gasteiger partial charge on any atom is 0.259 e. The molecule has 1 atom stereocenters. The number of nitrogens with one attached hydrogen (secondary N) is 1. The number of ether oxygens (including phenoxy) is 1. The Kier molecular flexibility index (Phi) is 6.63. The van der Waals surface area contributed by atoms with Crippen molar-refractivity contribution in [1.82, 2.24) is 14.9 Å². The molecule has 2 heterocycles. The number of benzene rings is 2. The van der Waals surface area contributed by atoms with Crippen LogP contribution in [0.2, 0.25) is 0 Å². The highest BCUT2D eigenvalue weighted by atomic mass is 19.1. The van der Waals surface area contributed by atoms with Crippen molar-refractivity contribution in [2.45, 2.75) is 25.7 Å². The van der Waals surface area contributed by atoms with E-state index >= 15 is 0 Å². The Bertz CT molecular complexity index is 1170. The third-order valence-electron chi connectivity index (χ3n) is 5.79. The van der Waals surface area contributed by atoms with Crippen LogP contribution in [-0.4, -0.2) is 46.9 Å². The molecule has 3 aromatic rings. The number of nitrogens with zero attached hydrogens (tertiary/aromatic N) is 3. The molecule has 1 fully saturated rings. The Hall–Kier alpha value is -3.81. The molecule has 1 unspecified atom stereocenters. The number of hydrogen-bond donors (Lipinski definition) is 1. The monoisotopic (exact) mass is 448 g/mol. The molecular formula is C25H25FN4O3. The van der Waals surface area contributed by atoms with Crippen molar-refractivity contribution in [2.24, 2.45) is 0 Å². The molecule has 33 heavy (non-hydrogen) atoms. The average Bonchev–Trinajstić information content (AvgIpc) is 3.31. The second-order valence-corrected chi connectivity index (χ2v) is 8.01. The van der Waals surface area contributed by atoms with Crippen LogP contribution >= 0.6 is 0 Å². The fourth-order valence-corrected chi connectivity index (χ4v) is 3.88. The van der Waals surface area contributed by atoms with Crippen LogP contribution in [0.3, 0.4) is 0 Å². The van der Waals surface area contributed by atoms with Gasteiger partial charge in [0.1, 0.15) is 17.4 Å². The van der Waals surface area contributed by atoms with Crippen molar-refractivity contribution >= 4 is 17.5 Å². The molecule has 0 aliphatic carbocycles. The van der Waals surface area contributed by atoms with Gasteiger partial charge in [0, 0.05) is 25.2 Å². The molecule has 0 radical (unpaired) electrons. The quantitative estimate of drug-likeness (QED) is 0.621. The van der Waals surface area contributed by atoms with E-state index in [2.05, 4.69) is 15.3 Å². The third kappa shape index (κ3) is 5.16. The minimum absolute atomic E-state index is 0.00666. The first-order chi connectivity index (χ1) is 15.9. The lowest BCUT2D eigenvalue weighted by molar-refractivity contribution is -0.129. The highest BCUT2D eigenvalue weighted by molar-refractivity contribution is 6.04. The van der Waals surface area contributed by atoms with Crippen LogP contribution in [0, 0.1) is 12.7 Å². The first kappa shape index (κ1) is 22.4. The van der Waals surface area contributed by atoms with Crippen molar-refractivity contribution in [2.75, 3.05) is 25.5 Å². The van der Waals surface area contributed by atoms with Crippen LogP contribution < -0.4 is 10.1 Å². The van der Waals surface area contributed by atoms with Gasteiger partial charge in [0.25, 0.3) is 5.91 Å². The van der Waals surface area contributed by atoms with Gasteiger partial charge in [-0.2, -0.15) is 0 Å². The topological polar surface area (TPSA) is 84.4 Å². The van der Waals surface area contributed by atoms with Gasteiger partial charge in [-0.25, -0.2) is 14.4 Å². The van der Waals surface area contributed by atoms with Gasteiger partial charge in [-0.05, 0) is 43.2 Å². The van der Waals surface area contributed by atoms with E-state index in [1.807, 2.05) is 29.2 Å². The summed E-state index contributed by atoms with van der Waals surface area (Å²) in [4.78, 5) is 36.0. The molecule has 7 nitrogen and oxygen atoms in total. The first-order valence-electron chi connectivity index (χ1n) is 10.7. The van der Waals surface area contributed by atoms with Crippen LogP contribution in [0.4, 0.5) is 10.1 Å². The number of carbonyl (C=O) groups excluding carboxylic acids is 2. The number of rotatable bonds is 6. The summed E-state index contributed by atoms with van der Waals surface area (Å²) in [6, 6.07) is 13.4. The summed E-state index contributed by atoms with van der Waals surface area (Å²) in [5, 5.41) is 2.55. The van der Waals surface area contributed by atoms with Crippen molar-refractivity contribution in [3.63, 3.8) is 0 Å². The van der Waals surface area contributed by atoms with Gasteiger partial charge in [-0.1, -0.05) is 24.3 Å². The Morgan fingerprint density at radius 1 is 1.18 bits per heavy atom. The lowest BCUT2D eigenvalue weighted by atomic mass is 10.1. The van der Waals surface area contributed by atoms with Crippen molar-refractivity contribution in [1.29, 1.82) is 0 Å². The van der Waals surface area contributed by atoms with Gasteiger partial charge in [-0.15, -0.1) is 0 Å². The minimum Gasteiger partial charge on any atom is -0.497 e. The van der Waals surface area contributed by atoms with E-state index in [-0.39, 0.29) is 23.1 Å². The van der Waals surface area contributed by atoms with E-state index in [0.29, 0.717) is 31.0 Å². The standard InChI is InChI=1S/C25H25FN4O3/c1-16-20(25(32)29-22-6-4-3-5-21(22)26)14-27-24(28-16)18-11-12-30(15-18)23(31)13-17-7-9-19(33-2)10-8-17/h3-10,14,18H,11-13,15H2,1-2H3,(H,29,32). The summed E-state index contributed by atoms with van der Waals surface area (Å²) >= 11 is 0. The van der Waals surface area contributed by atoms with E-state index in [9.17, 15) is 14.0 Å². The summed E-state index contributed by atoms with van der Waals surface area (Å²) in [6.45, 7) is 2.90. The lowest BCUT2D eigenvalue weighted by Crippen LogP contribution is -2.30. The predicted molar refractivity (Wildman–Crippen MR) is 122 cm³/mol. The third-order valence-corrected chi connectivity index (χ3v) is 5.79. The minimum atomic E-state index is -0.508. The van der Waals surface area contributed by atoms with Gasteiger partial charge < -0.3 is 15.0 Å². The van der Waals surface area contributed by atoms with Gasteiger partial charge in [-0.3, -0.25) is 9.59 Å². The lowest BCUT2D eigenvalue weighted by Gasteiger charge is -2.17. The van der Waals surface area contributed by atoms with Gasteiger partial charge >= 0.3 is 0 Å². The first-order valence-corrected chi connectivity index (χ1v) is 10.7. The van der Waals surface area contributed by atoms with Crippen molar-refractivity contribution in [3.05, 3.63) is 83.2 Å². The van der Waals surface area contributed by atoms with E-state index in [4.69, 9.17) is 4.74 Å². The molecule has 1 aromatic heterocycles. The molecule has 8 heteroatoms. The smallest absolute Gasteiger partial charge is 0.259 e. The molecule has 1 saturated heterocycles. The zero-order valence-corrected chi connectivity index (χ0v) is 18.5. The van der Waals surface area contributed by atoms with Crippen LogP contribution in [0.15, 0.2) is 54.7 Å². The largest absolute Gasteiger partial charge is 0.497 e. The number of hydrogen-bond acceptors (Lipinski definition) is 5. The Morgan fingerprint density at radius 2 is 1.94 bits per heavy atom. The second-order valence-electron chi connectivity index (χ2n) is 8.01. The van der Waals surface area contributed by atoms with Gasteiger partial charge in [0.15, 0.2) is 0 Å². The summed E-state index contributed by atoms with van der Waals surface area (Å²) in [7, 11) is 1.61. The van der Waals surface area contributed by atoms with Crippen LogP contribution in [0.1, 0.15) is 39.8 Å². The molecule has 0 saturated carbocycles. The highest BCUT2D eigenvalue weighted by Gasteiger charge is 2.29. The number of anilines is 1. The zero-order valence-electron chi connectivity index (χ0n) is 18.5. The van der Waals surface area contributed by atoms with E-state index in [0.717, 1.165) is 17.7 Å². The fourth-order valence-electron chi connectivity index (χ4n) is 3.88. The summed E-state index contributed by atoms with van der Waals surface area (Å²) in [6.07, 6.45) is 2.55. The van der Waals surface area contributed by atoms with Gasteiger partial charge in [0.2, 0.25) is 5.91 Å². The Balaban J connectivity index is 1.38. The molecule has 4 rings (SSSR count). The van der Waals surface area contributed by atoms with Crippen molar-refractivity contribution in [3.8, 4) is 5.75 Å². The average molecular weight is 448 g/mol. The number of amides is 2. The normalized spacial score (nSPS) is 15.4. The maximum absolute atomic E-state index is 13.8. The fraction of sp³-hybridized carbons (Fsp3) is 0.280. The van der Waals surface area contributed by atoms with Crippen LogP contribution in [0.25, 0.3) is 0 Å². The van der Waals surface area contributed by atoms with Gasteiger partial charge in [0.05, 0.1) is 30.5 Å². The number of halogens is 1. The molecule has 1 N–H and O–H groups in total. The predicted octanol–water partition coefficient (Wildman–Crippen LogP) is 3.74. The van der Waals surface area contributed by atoms with Crippen molar-refractivity contribution < 1.29 is 18.7 Å². The number of likely N-dealkylation sites (tertiary alicyclic amines) is 1. The highest BCUT2D eigenvalue weighted by Crippen LogP contribution is 2.26. The number of methoxy groups -OCH3 is 1. The molecule has 170 valence electrons. The molecule has 1 aliphatic heterocycles. The maximum atomic E-state index is 13.8. The molecular weight excluding hydrogens is 423 g/mol. The number of para-hydroxylation sites is 1. The number of carbonyl (C=O) groups is 2. The SMILES string of the molecule is COc1ccc(CC(=O)N2CCC(c3ncc(C(=O)Nc4ccccc4F)c(C)n3)C2)cc1. The second kappa shape index (κ2) is 9.77. The number of aromatic nitrogens is 2. The molecule has 2 aromatic carbocycles. The zero-order chi connectivity index (χ0) is 23.4. The molecule has 0 bridgehead atoms. The van der Waals surface area contributed by atoms with E-state index in [1.54, 1.807) is 26.2 Å². The molecule has 2 amide bonds. The Labute approximate surface area is 191 Å². The summed E-state index contributed by atoms with van der Waals surface area (Å²) < 4.78 is 19.0. The van der Waals surface area contributed by atoms with Crippen LogP contribution in [0.5, 0.6) is 5.75 Å². The van der Waals surface area contributed by atoms with Crippen LogP contribution in [-0.2, 0) is 11.2 Å². The molecule has 1 aliphatic rings. The van der Waals surface area contributed by atoms with E-state index in [1.165, 1.54) is 18.3 Å². The number of aryl methyl sites for hydroxylation is 1. The Morgan fingerprint density at radius 3 is 2.64 bits per heavy atom. The summed E-state index contributed by atoms with van der Waals surface area (Å²) in [5.74, 6) is 0.450.